The van der Waals surface area contributed by atoms with Gasteiger partial charge >= 0.3 is 5.97 Å². The van der Waals surface area contributed by atoms with Crippen molar-refractivity contribution in [2.75, 3.05) is 42.1 Å². The van der Waals surface area contributed by atoms with Crippen LogP contribution in [-0.2, 0) is 14.3 Å². The molecule has 0 aliphatic rings. The summed E-state index contributed by atoms with van der Waals surface area (Å²) in [6.45, 7) is 1.65. The lowest BCUT2D eigenvalue weighted by atomic mass is 10.1. The Labute approximate surface area is 363 Å². The fourth-order valence-corrected chi connectivity index (χ4v) is 5.97. The van der Waals surface area contributed by atoms with Gasteiger partial charge in [0.25, 0.3) is 23.6 Å². The largest absolute Gasteiger partial charge is 0.595 e. The molecule has 0 spiro atoms. The quantitative estimate of drug-likeness (QED) is 0.0566. The second-order valence-corrected chi connectivity index (χ2v) is 13.4. The number of amides is 6. The number of hydrogen-bond donors (Lipinski definition) is 10. The predicted molar refractivity (Wildman–Crippen MR) is 228 cm³/mol. The smallest absolute Gasteiger partial charge is 0.335 e. The molecule has 21 heteroatoms. The number of anilines is 4. The Balaban J connectivity index is 1.24. The van der Waals surface area contributed by atoms with Crippen molar-refractivity contribution >= 4 is 69.8 Å². The molecule has 5 aromatic carbocycles. The van der Waals surface area contributed by atoms with E-state index in [2.05, 4.69) is 26.6 Å². The van der Waals surface area contributed by atoms with Gasteiger partial charge < -0.3 is 61.9 Å². The zero-order chi connectivity index (χ0) is 46.7. The van der Waals surface area contributed by atoms with Gasteiger partial charge in [0.2, 0.25) is 11.8 Å². The number of aromatic hydroxyl groups is 1. The number of hydrogen-bond acceptors (Lipinski definition) is 13. The molecule has 0 aliphatic heterocycles. The van der Waals surface area contributed by atoms with Crippen LogP contribution in [0, 0.1) is 5.21 Å². The summed E-state index contributed by atoms with van der Waals surface area (Å²) >= 11 is 0. The first-order chi connectivity index (χ1) is 30.5. The number of nitrogens with two attached hydrogens (primary N) is 1. The summed E-state index contributed by atoms with van der Waals surface area (Å²) in [5.41, 5.74) is 6.02. The van der Waals surface area contributed by atoms with Crippen molar-refractivity contribution in [1.29, 1.82) is 0 Å². The second-order valence-electron chi connectivity index (χ2n) is 13.4. The molecule has 5 rings (SSSR count). The van der Waals surface area contributed by atoms with E-state index in [9.17, 15) is 49.0 Å². The number of carbonyl (C=O) groups excluding carboxylic acids is 6. The maximum absolute atomic E-state index is 13.5. The van der Waals surface area contributed by atoms with Crippen LogP contribution in [0.15, 0.2) is 103 Å². The van der Waals surface area contributed by atoms with Crippen LogP contribution in [0.2, 0.25) is 0 Å². The number of carboxylic acids is 1. The minimum Gasteiger partial charge on any atom is -0.595 e. The van der Waals surface area contributed by atoms with Gasteiger partial charge in [-0.2, -0.15) is 5.23 Å². The highest BCUT2D eigenvalue weighted by molar-refractivity contribution is 6.10. The Bertz CT molecular complexity index is 2570. The maximum atomic E-state index is 13.5. The van der Waals surface area contributed by atoms with E-state index < -0.39 is 64.5 Å². The fourth-order valence-electron chi connectivity index (χ4n) is 5.97. The topological polar surface area (TPSA) is 322 Å². The molecule has 332 valence electrons. The molecule has 64 heavy (non-hydrogen) atoms. The molecule has 0 aliphatic carbocycles. The number of phenols is 1. The van der Waals surface area contributed by atoms with Crippen LogP contribution >= 0.6 is 0 Å². The minimum absolute atomic E-state index is 0.00140. The Hall–Kier alpha value is -8.37. The highest BCUT2D eigenvalue weighted by atomic mass is 16.8. The third kappa shape index (κ3) is 11.3. The van der Waals surface area contributed by atoms with E-state index in [-0.39, 0.29) is 68.7 Å². The monoisotopic (exact) mass is 879 g/mol. The van der Waals surface area contributed by atoms with Crippen LogP contribution in [0.4, 0.5) is 28.4 Å². The van der Waals surface area contributed by atoms with Crippen LogP contribution in [0.5, 0.6) is 17.2 Å². The third-order valence-electron chi connectivity index (χ3n) is 9.23. The van der Waals surface area contributed by atoms with Crippen LogP contribution < -0.4 is 47.0 Å². The number of carbonyl (C=O) groups is 7. The summed E-state index contributed by atoms with van der Waals surface area (Å²) < 4.78 is 15.9. The standard InChI is InChI=1S/C43H41N7O14/c1-4-64-35-31(20-18-29(34(35)51)41(56)47-30-19-11-25(43(58)59)21-32(30)62-2)48-39(54)22-5-14-27(15-6-22)46-42(57)33(36(63-3)37(44)52)49-40(55)23-7-12-26(13-8-23)45-38(53)24-9-16-28(17-10-24)50(60)61/h5-21,33,36,50-51,60H,4H2,1-3H3,(H2,44,52)(H,45,53)(H,46,57)(H,47,56)(H,48,54)(H,49,55)(H,58,59)/t33-,36+/m0/s1. The number of carboxylic acid groups (broad SMARTS) is 1. The van der Waals surface area contributed by atoms with E-state index in [4.69, 9.17) is 25.2 Å². The van der Waals surface area contributed by atoms with Gasteiger partial charge in [0, 0.05) is 47.3 Å². The highest BCUT2D eigenvalue weighted by Gasteiger charge is 2.34. The lowest BCUT2D eigenvalue weighted by molar-refractivity contribution is -0.991. The van der Waals surface area contributed by atoms with Crippen molar-refractivity contribution in [1.82, 2.24) is 5.32 Å². The van der Waals surface area contributed by atoms with E-state index in [0.717, 1.165) is 7.11 Å². The molecule has 0 saturated heterocycles. The van der Waals surface area contributed by atoms with Gasteiger partial charge in [0.15, 0.2) is 23.3 Å². The van der Waals surface area contributed by atoms with Gasteiger partial charge in [-0.25, -0.2) is 10.0 Å². The lowest BCUT2D eigenvalue weighted by Crippen LogP contribution is -2.99. The van der Waals surface area contributed by atoms with Gasteiger partial charge in [0.1, 0.15) is 11.8 Å². The van der Waals surface area contributed by atoms with Crippen LogP contribution in [-0.4, -0.2) is 89.8 Å². The van der Waals surface area contributed by atoms with E-state index in [1.54, 1.807) is 6.92 Å². The van der Waals surface area contributed by atoms with Gasteiger partial charge in [0.05, 0.1) is 36.2 Å². The van der Waals surface area contributed by atoms with Crippen molar-refractivity contribution in [3.05, 3.63) is 136 Å². The first-order valence-electron chi connectivity index (χ1n) is 18.9. The first kappa shape index (κ1) is 46.7. The predicted octanol–water partition coefficient (Wildman–Crippen LogP) is 2.90. The Morgan fingerprint density at radius 2 is 1.20 bits per heavy atom. The SMILES string of the molecule is CCOc1c(NC(=O)c2ccc(NC(=O)[C@@H](NC(=O)c3ccc(NC(=O)c4ccc([NH+]([O-])O)cc4)cc3)[C@@H](OC)C(N)=O)cc2)ccc(C(=O)Nc2ccc(C(=O)O)cc2OC)c1O. The average molecular weight is 880 g/mol. The molecular weight excluding hydrogens is 839 g/mol. The average Bonchev–Trinajstić information content (AvgIpc) is 3.27. The molecule has 3 atom stereocenters. The normalized spacial score (nSPS) is 12.1. The first-order valence-corrected chi connectivity index (χ1v) is 18.9. The van der Waals surface area contributed by atoms with Crippen molar-refractivity contribution < 1.29 is 68.4 Å². The summed E-state index contributed by atoms with van der Waals surface area (Å²) in [5, 5.41) is 52.1. The van der Waals surface area contributed by atoms with Crippen LogP contribution in [0.3, 0.4) is 0 Å². The number of rotatable bonds is 18. The molecule has 0 saturated carbocycles. The molecule has 11 N–H and O–H groups in total. The number of primary amides is 1. The second kappa shape index (κ2) is 20.9. The number of methoxy groups -OCH3 is 2. The van der Waals surface area contributed by atoms with Gasteiger partial charge in [-0.05, 0) is 97.9 Å². The van der Waals surface area contributed by atoms with Crippen molar-refractivity contribution in [3.8, 4) is 17.2 Å². The van der Waals surface area contributed by atoms with Crippen molar-refractivity contribution in [2.24, 2.45) is 5.73 Å². The number of aromatic carboxylic acids is 1. The van der Waals surface area contributed by atoms with Crippen LogP contribution in [0.25, 0.3) is 0 Å². The highest BCUT2D eigenvalue weighted by Crippen LogP contribution is 2.39. The fraction of sp³-hybridized carbons (Fsp3) is 0.140. The number of phenolic OH excluding ortho intramolecular Hbond substituents is 1. The third-order valence-corrected chi connectivity index (χ3v) is 9.23. The molecule has 5 aromatic rings. The molecule has 0 aromatic heterocycles. The summed E-state index contributed by atoms with van der Waals surface area (Å²) in [7, 11) is 2.40. The summed E-state index contributed by atoms with van der Waals surface area (Å²) in [6.07, 6.45) is -1.62. The molecule has 0 heterocycles. The van der Waals surface area contributed by atoms with Crippen LogP contribution in [0.1, 0.15) is 58.7 Å². The molecular formula is C43H41N7O14. The number of ether oxygens (including phenoxy) is 3. The maximum Gasteiger partial charge on any atom is 0.335 e. The molecule has 21 nitrogen and oxygen atoms in total. The van der Waals surface area contributed by atoms with Gasteiger partial charge in [-0.1, -0.05) is 0 Å². The number of nitrogens with one attached hydrogen (secondary N) is 6. The molecule has 1 unspecified atom stereocenters. The number of quaternary nitrogens is 1. The van der Waals surface area contributed by atoms with Crippen molar-refractivity contribution in [3.63, 3.8) is 0 Å². The van der Waals surface area contributed by atoms with E-state index >= 15 is 0 Å². The molecule has 0 bridgehead atoms. The molecule has 6 amide bonds. The Kier molecular flexibility index (Phi) is 15.3. The zero-order valence-corrected chi connectivity index (χ0v) is 34.1. The van der Waals surface area contributed by atoms with Gasteiger partial charge in [-0.3, -0.25) is 28.8 Å². The number of benzene rings is 5. The summed E-state index contributed by atoms with van der Waals surface area (Å²) in [5.74, 6) is -6.78. The van der Waals surface area contributed by atoms with E-state index in [0.29, 0.717) is 5.69 Å². The van der Waals surface area contributed by atoms with E-state index in [1.165, 1.54) is 110 Å². The van der Waals surface area contributed by atoms with E-state index in [1.807, 2.05) is 0 Å². The lowest BCUT2D eigenvalue weighted by Gasteiger charge is -2.24. The summed E-state index contributed by atoms with van der Waals surface area (Å²) in [4.78, 5) is 89.6. The van der Waals surface area contributed by atoms with Gasteiger partial charge in [-0.15, -0.1) is 0 Å². The molecule has 0 radical (unpaired) electrons. The minimum atomic E-state index is -1.65. The summed E-state index contributed by atoms with van der Waals surface area (Å²) in [6, 6.07) is 20.9. The Morgan fingerprint density at radius 3 is 1.73 bits per heavy atom. The molecule has 0 fully saturated rings. The zero-order valence-electron chi connectivity index (χ0n) is 34.1. The van der Waals surface area contributed by atoms with Crippen molar-refractivity contribution in [2.45, 2.75) is 19.1 Å². The Morgan fingerprint density at radius 1 is 0.688 bits per heavy atom.